The largest absolute Gasteiger partial charge is 0.265 e. The van der Waals surface area contributed by atoms with Gasteiger partial charge < -0.3 is 0 Å². The van der Waals surface area contributed by atoms with Gasteiger partial charge in [-0.3, -0.25) is 4.72 Å². The highest BCUT2D eigenvalue weighted by Crippen LogP contribution is 2.31. The van der Waals surface area contributed by atoms with Crippen LogP contribution in [0.3, 0.4) is 0 Å². The number of sulfonamides is 1. The van der Waals surface area contributed by atoms with Crippen molar-refractivity contribution in [2.75, 3.05) is 4.72 Å². The van der Waals surface area contributed by atoms with Crippen LogP contribution in [0.25, 0.3) is 10.2 Å². The number of thiazole rings is 1. The maximum Gasteiger partial charge on any atom is 0.265 e. The van der Waals surface area contributed by atoms with Crippen LogP contribution in [0.15, 0.2) is 41.3 Å². The van der Waals surface area contributed by atoms with Gasteiger partial charge in [0.05, 0.1) is 15.2 Å². The summed E-state index contributed by atoms with van der Waals surface area (Å²) in [5.74, 6) is -0.612. The summed E-state index contributed by atoms with van der Waals surface area (Å²) in [6, 6.07) is 8.11. The van der Waals surface area contributed by atoms with Crippen LogP contribution < -0.4 is 4.72 Å². The molecule has 1 aromatic heterocycles. The Morgan fingerprint density at radius 1 is 1.14 bits per heavy atom. The third-order valence-corrected chi connectivity index (χ3v) is 5.88. The van der Waals surface area contributed by atoms with Crippen LogP contribution in [-0.2, 0) is 10.0 Å². The second kappa shape index (κ2) is 5.66. The number of hydrogen-bond donors (Lipinski definition) is 1. The second-order valence-electron chi connectivity index (χ2n) is 4.31. The Morgan fingerprint density at radius 3 is 2.64 bits per heavy atom. The van der Waals surface area contributed by atoms with Gasteiger partial charge in [-0.2, -0.15) is 0 Å². The molecule has 0 aliphatic carbocycles. The summed E-state index contributed by atoms with van der Waals surface area (Å²) < 4.78 is 40.7. The highest BCUT2D eigenvalue weighted by atomic mass is 35.5. The van der Waals surface area contributed by atoms with Crippen molar-refractivity contribution in [2.45, 2.75) is 4.90 Å². The van der Waals surface area contributed by atoms with Gasteiger partial charge in [0.25, 0.3) is 10.0 Å². The molecule has 3 aromatic rings. The first-order valence-corrected chi connectivity index (χ1v) is 8.95. The summed E-state index contributed by atoms with van der Waals surface area (Å²) in [5, 5.41) is 0.515. The molecule has 22 heavy (non-hydrogen) atoms. The summed E-state index contributed by atoms with van der Waals surface area (Å²) in [4.78, 5) is 3.95. The maximum absolute atomic E-state index is 13.0. The molecule has 0 saturated carbocycles. The van der Waals surface area contributed by atoms with Gasteiger partial charge >= 0.3 is 0 Å². The molecule has 2 aromatic carbocycles. The molecule has 3 rings (SSSR count). The molecule has 0 atom stereocenters. The summed E-state index contributed by atoms with van der Waals surface area (Å²) in [5.41, 5.74) is 0.623. The van der Waals surface area contributed by atoms with Crippen molar-refractivity contribution < 1.29 is 12.8 Å². The molecule has 0 amide bonds. The van der Waals surface area contributed by atoms with Gasteiger partial charge in [-0.1, -0.05) is 34.5 Å². The molecule has 0 fully saturated rings. The molecule has 0 radical (unpaired) electrons. The molecule has 114 valence electrons. The standard InChI is InChI=1S/C13H7Cl2FN2O2S2/c14-7-1-3-10-11(5-7)21-13(17-10)18-22(19,20)12-4-2-8(16)6-9(12)15/h1-6H,(H,17,18). The van der Waals surface area contributed by atoms with Crippen LogP contribution in [0.4, 0.5) is 9.52 Å². The van der Waals surface area contributed by atoms with Crippen molar-refractivity contribution in [3.8, 4) is 0 Å². The topological polar surface area (TPSA) is 59.1 Å². The third-order valence-electron chi connectivity index (χ3n) is 2.76. The minimum Gasteiger partial charge on any atom is -0.255 e. The molecule has 0 aliphatic heterocycles. The number of nitrogens with zero attached hydrogens (tertiary/aromatic N) is 1. The molecular weight excluding hydrogens is 370 g/mol. The van der Waals surface area contributed by atoms with Crippen molar-refractivity contribution in [3.05, 3.63) is 52.3 Å². The molecule has 0 unspecified atom stereocenters. The first-order chi connectivity index (χ1) is 10.3. The third kappa shape index (κ3) is 3.03. The fraction of sp³-hybridized carbons (Fsp3) is 0. The normalized spacial score (nSPS) is 11.8. The van der Waals surface area contributed by atoms with Gasteiger partial charge in [0.15, 0.2) is 5.13 Å². The van der Waals surface area contributed by atoms with E-state index in [9.17, 15) is 12.8 Å². The van der Waals surface area contributed by atoms with E-state index >= 15 is 0 Å². The number of benzene rings is 2. The van der Waals surface area contributed by atoms with Crippen molar-refractivity contribution in [2.24, 2.45) is 0 Å². The molecule has 4 nitrogen and oxygen atoms in total. The number of aromatic nitrogens is 1. The summed E-state index contributed by atoms with van der Waals surface area (Å²) in [6.07, 6.45) is 0. The van der Waals surface area contributed by atoms with E-state index in [1.165, 1.54) is 0 Å². The van der Waals surface area contributed by atoms with Gasteiger partial charge in [0.1, 0.15) is 10.7 Å². The van der Waals surface area contributed by atoms with Gasteiger partial charge in [-0.05, 0) is 36.4 Å². The van der Waals surface area contributed by atoms with E-state index in [4.69, 9.17) is 23.2 Å². The predicted molar refractivity (Wildman–Crippen MR) is 86.8 cm³/mol. The lowest BCUT2D eigenvalue weighted by Gasteiger charge is -2.06. The molecule has 1 N–H and O–H groups in total. The maximum atomic E-state index is 13.0. The number of halogens is 3. The molecular formula is C13H7Cl2FN2O2S2. The molecule has 9 heteroatoms. The lowest BCUT2D eigenvalue weighted by atomic mass is 10.3. The SMILES string of the molecule is O=S(=O)(Nc1nc2ccc(Cl)cc2s1)c1ccc(F)cc1Cl. The van der Waals surface area contributed by atoms with Gasteiger partial charge in [0, 0.05) is 5.02 Å². The zero-order chi connectivity index (χ0) is 15.9. The summed E-state index contributed by atoms with van der Waals surface area (Å²) >= 11 is 12.8. The lowest BCUT2D eigenvalue weighted by molar-refractivity contribution is 0.600. The minimum atomic E-state index is -3.95. The predicted octanol–water partition coefficient (Wildman–Crippen LogP) is 4.54. The molecule has 0 bridgehead atoms. The summed E-state index contributed by atoms with van der Waals surface area (Å²) in [7, 11) is -3.95. The Morgan fingerprint density at radius 2 is 1.91 bits per heavy atom. The van der Waals surface area contributed by atoms with Gasteiger partial charge in [0.2, 0.25) is 0 Å². The average Bonchev–Trinajstić information content (AvgIpc) is 2.78. The Labute approximate surface area is 139 Å². The Balaban J connectivity index is 1.99. The number of fused-ring (bicyclic) bond motifs is 1. The highest BCUT2D eigenvalue weighted by molar-refractivity contribution is 7.93. The lowest BCUT2D eigenvalue weighted by Crippen LogP contribution is -2.13. The Hall–Kier alpha value is -1.41. The van der Waals surface area contributed by atoms with Crippen LogP contribution in [0.2, 0.25) is 10.0 Å². The van der Waals surface area contributed by atoms with Crippen LogP contribution in [-0.4, -0.2) is 13.4 Å². The zero-order valence-electron chi connectivity index (χ0n) is 10.7. The van der Waals surface area contributed by atoms with E-state index in [1.54, 1.807) is 18.2 Å². The molecule has 0 spiro atoms. The number of hydrogen-bond acceptors (Lipinski definition) is 4. The number of rotatable bonds is 3. The van der Waals surface area contributed by atoms with Crippen molar-refractivity contribution in [3.63, 3.8) is 0 Å². The van der Waals surface area contributed by atoms with E-state index in [1.807, 2.05) is 0 Å². The molecule has 0 saturated heterocycles. The van der Waals surface area contributed by atoms with Gasteiger partial charge in [-0.15, -0.1) is 0 Å². The first kappa shape index (κ1) is 15.5. The fourth-order valence-corrected chi connectivity index (χ4v) is 4.71. The van der Waals surface area contributed by atoms with Crippen molar-refractivity contribution >= 4 is 59.9 Å². The second-order valence-corrected chi connectivity index (χ2v) is 7.84. The van der Waals surface area contributed by atoms with E-state index in [-0.39, 0.29) is 15.0 Å². The van der Waals surface area contributed by atoms with Crippen LogP contribution in [0.1, 0.15) is 0 Å². The van der Waals surface area contributed by atoms with E-state index in [0.29, 0.717) is 10.5 Å². The highest BCUT2D eigenvalue weighted by Gasteiger charge is 2.20. The zero-order valence-corrected chi connectivity index (χ0v) is 13.8. The first-order valence-electron chi connectivity index (χ1n) is 5.89. The quantitative estimate of drug-likeness (QED) is 0.729. The fourth-order valence-electron chi connectivity index (χ4n) is 1.81. The van der Waals surface area contributed by atoms with Gasteiger partial charge in [-0.25, -0.2) is 17.8 Å². The van der Waals surface area contributed by atoms with Crippen molar-refractivity contribution in [1.29, 1.82) is 0 Å². The van der Waals surface area contributed by atoms with Crippen LogP contribution in [0.5, 0.6) is 0 Å². The monoisotopic (exact) mass is 376 g/mol. The summed E-state index contributed by atoms with van der Waals surface area (Å²) in [6.45, 7) is 0. The van der Waals surface area contributed by atoms with E-state index < -0.39 is 15.8 Å². The smallest absolute Gasteiger partial charge is 0.255 e. The Kier molecular flexibility index (Phi) is 3.98. The molecule has 1 heterocycles. The number of nitrogens with one attached hydrogen (secondary N) is 1. The van der Waals surface area contributed by atoms with Crippen molar-refractivity contribution in [1.82, 2.24) is 4.98 Å². The Bertz CT molecular complexity index is 973. The minimum absolute atomic E-state index is 0.178. The molecule has 0 aliphatic rings. The van der Waals surface area contributed by atoms with Crippen LogP contribution >= 0.6 is 34.5 Å². The average molecular weight is 377 g/mol. The van der Waals surface area contributed by atoms with Crippen LogP contribution in [0, 0.1) is 5.82 Å². The van der Waals surface area contributed by atoms with E-state index in [0.717, 1.165) is 34.2 Å². The van der Waals surface area contributed by atoms with E-state index in [2.05, 4.69) is 9.71 Å². The number of anilines is 1.